The summed E-state index contributed by atoms with van der Waals surface area (Å²) in [5, 5.41) is 9.58. The van der Waals surface area contributed by atoms with Gasteiger partial charge >= 0.3 is 0 Å². The van der Waals surface area contributed by atoms with E-state index in [0.29, 0.717) is 34.2 Å². The van der Waals surface area contributed by atoms with E-state index < -0.39 is 0 Å². The fraction of sp³-hybridized carbons (Fsp3) is 0.0400. The molecule has 0 aliphatic heterocycles. The molecule has 0 fully saturated rings. The normalized spacial score (nSPS) is 11.3. The zero-order valence-corrected chi connectivity index (χ0v) is 17.0. The summed E-state index contributed by atoms with van der Waals surface area (Å²) in [7, 11) is 1.61. The summed E-state index contributed by atoms with van der Waals surface area (Å²) in [5.41, 5.74) is 16.5. The summed E-state index contributed by atoms with van der Waals surface area (Å²) in [6.07, 6.45) is 0. The van der Waals surface area contributed by atoms with E-state index in [4.69, 9.17) is 21.2 Å². The van der Waals surface area contributed by atoms with Crippen LogP contribution in [-0.4, -0.2) is 23.0 Å². The Hall–Kier alpha value is -4.32. The molecular formula is C25H22N4O2. The summed E-state index contributed by atoms with van der Waals surface area (Å²) in [6, 6.07) is 25.7. The van der Waals surface area contributed by atoms with Crippen LogP contribution in [0.1, 0.15) is 5.56 Å². The maximum Gasteiger partial charge on any atom is 0.129 e. The average Bonchev–Trinajstić information content (AvgIpc) is 2.80. The smallest absolute Gasteiger partial charge is 0.129 e. The molecule has 154 valence electrons. The Balaban J connectivity index is 1.77. The minimum absolute atomic E-state index is 0.185. The number of aliphatic imine (C=N–C) groups is 1. The number of pyridine rings is 1. The first-order valence-electron chi connectivity index (χ1n) is 9.71. The van der Waals surface area contributed by atoms with Crippen LogP contribution < -0.4 is 16.2 Å². The van der Waals surface area contributed by atoms with Gasteiger partial charge in [-0.2, -0.15) is 0 Å². The van der Waals surface area contributed by atoms with Gasteiger partial charge < -0.3 is 21.3 Å². The van der Waals surface area contributed by atoms with Crippen molar-refractivity contribution in [3.8, 4) is 39.8 Å². The molecule has 0 radical (unpaired) electrons. The number of aromatic hydroxyl groups is 1. The molecule has 6 nitrogen and oxygen atoms in total. The number of amidine groups is 1. The van der Waals surface area contributed by atoms with Crippen LogP contribution in [0.5, 0.6) is 17.2 Å². The van der Waals surface area contributed by atoms with E-state index in [2.05, 4.69) is 4.99 Å². The molecule has 0 atom stereocenters. The van der Waals surface area contributed by atoms with E-state index in [1.807, 2.05) is 54.6 Å². The number of para-hydroxylation sites is 1. The predicted molar refractivity (Wildman–Crippen MR) is 124 cm³/mol. The fourth-order valence-corrected chi connectivity index (χ4v) is 3.24. The van der Waals surface area contributed by atoms with E-state index in [9.17, 15) is 5.11 Å². The number of nitrogens with zero attached hydrogens (tertiary/aromatic N) is 2. The van der Waals surface area contributed by atoms with Crippen molar-refractivity contribution in [3.05, 3.63) is 90.5 Å². The number of ether oxygens (including phenoxy) is 1. The van der Waals surface area contributed by atoms with Crippen molar-refractivity contribution in [2.75, 3.05) is 12.8 Å². The lowest BCUT2D eigenvalue weighted by Gasteiger charge is -2.15. The maximum absolute atomic E-state index is 9.58. The second kappa shape index (κ2) is 8.59. The molecule has 0 amide bonds. The lowest BCUT2D eigenvalue weighted by atomic mass is 10.0. The highest BCUT2D eigenvalue weighted by atomic mass is 16.5. The van der Waals surface area contributed by atoms with E-state index in [1.165, 1.54) is 0 Å². The van der Waals surface area contributed by atoms with Crippen molar-refractivity contribution in [3.63, 3.8) is 0 Å². The first-order chi connectivity index (χ1) is 15.0. The molecule has 3 aromatic carbocycles. The molecule has 6 heteroatoms. The molecule has 0 aliphatic rings. The first kappa shape index (κ1) is 20.0. The van der Waals surface area contributed by atoms with Gasteiger partial charge in [-0.3, -0.25) is 4.99 Å². The van der Waals surface area contributed by atoms with Gasteiger partial charge in [-0.15, -0.1) is 0 Å². The lowest BCUT2D eigenvalue weighted by molar-refractivity contribution is 0.475. The van der Waals surface area contributed by atoms with Crippen LogP contribution in [-0.2, 0) is 0 Å². The van der Waals surface area contributed by atoms with Crippen molar-refractivity contribution in [1.82, 2.24) is 4.98 Å². The van der Waals surface area contributed by atoms with Crippen LogP contribution >= 0.6 is 0 Å². The van der Waals surface area contributed by atoms with Gasteiger partial charge in [0.15, 0.2) is 0 Å². The van der Waals surface area contributed by atoms with Crippen molar-refractivity contribution in [2.24, 2.45) is 10.7 Å². The Bertz CT molecular complexity index is 1220. The Morgan fingerprint density at radius 2 is 1.48 bits per heavy atom. The standard InChI is InChI=1S/C25H22N4O2/c1-28-25(27)23-21(26)15-22(16-7-11-18(30)12-8-16)29-24(23)17-9-13-20(14-10-17)31-19-5-3-2-4-6-19/h2-15,30H,1H3,(H2,26,29)(H2,27,28). The topological polar surface area (TPSA) is 107 Å². The van der Waals surface area contributed by atoms with E-state index in [-0.39, 0.29) is 5.75 Å². The Labute approximate surface area is 180 Å². The van der Waals surface area contributed by atoms with Gasteiger partial charge in [0.2, 0.25) is 0 Å². The van der Waals surface area contributed by atoms with Crippen LogP contribution in [0.15, 0.2) is 89.9 Å². The Morgan fingerprint density at radius 1 is 0.871 bits per heavy atom. The number of anilines is 1. The number of rotatable bonds is 5. The molecule has 1 heterocycles. The Morgan fingerprint density at radius 3 is 2.13 bits per heavy atom. The zero-order valence-electron chi connectivity index (χ0n) is 17.0. The van der Waals surface area contributed by atoms with Gasteiger partial charge in [0.25, 0.3) is 0 Å². The molecular weight excluding hydrogens is 388 g/mol. The second-order valence-electron chi connectivity index (χ2n) is 6.92. The molecule has 4 aromatic rings. The lowest BCUT2D eigenvalue weighted by Crippen LogP contribution is -2.17. The molecule has 5 N–H and O–H groups in total. The minimum Gasteiger partial charge on any atom is -0.508 e. The van der Waals surface area contributed by atoms with Crippen molar-refractivity contribution >= 4 is 11.5 Å². The molecule has 0 bridgehead atoms. The fourth-order valence-electron chi connectivity index (χ4n) is 3.24. The number of aromatic nitrogens is 1. The number of nitrogens with two attached hydrogens (primary N) is 2. The van der Waals surface area contributed by atoms with Gasteiger partial charge in [-0.1, -0.05) is 18.2 Å². The van der Waals surface area contributed by atoms with Gasteiger partial charge in [-0.05, 0) is 66.7 Å². The molecule has 1 aromatic heterocycles. The molecule has 4 rings (SSSR count). The van der Waals surface area contributed by atoms with Crippen LogP contribution in [0.2, 0.25) is 0 Å². The van der Waals surface area contributed by atoms with Crippen molar-refractivity contribution < 1.29 is 9.84 Å². The molecule has 0 saturated carbocycles. The highest BCUT2D eigenvalue weighted by molar-refractivity contribution is 6.07. The molecule has 0 saturated heterocycles. The van der Waals surface area contributed by atoms with Gasteiger partial charge in [0, 0.05) is 23.9 Å². The van der Waals surface area contributed by atoms with E-state index >= 15 is 0 Å². The van der Waals surface area contributed by atoms with Crippen molar-refractivity contribution in [1.29, 1.82) is 0 Å². The predicted octanol–water partition coefficient (Wildman–Crippen LogP) is 4.83. The number of phenols is 1. The zero-order chi connectivity index (χ0) is 21.8. The highest BCUT2D eigenvalue weighted by Crippen LogP contribution is 2.32. The number of hydrogen-bond acceptors (Lipinski definition) is 5. The van der Waals surface area contributed by atoms with Crippen molar-refractivity contribution in [2.45, 2.75) is 0 Å². The second-order valence-corrected chi connectivity index (χ2v) is 6.92. The quantitative estimate of drug-likeness (QED) is 0.323. The third-order valence-electron chi connectivity index (χ3n) is 4.82. The highest BCUT2D eigenvalue weighted by Gasteiger charge is 2.17. The molecule has 0 spiro atoms. The van der Waals surface area contributed by atoms with E-state index in [1.54, 1.807) is 37.4 Å². The van der Waals surface area contributed by atoms with Crippen LogP contribution in [0.25, 0.3) is 22.5 Å². The third kappa shape index (κ3) is 4.33. The average molecular weight is 410 g/mol. The van der Waals surface area contributed by atoms with Crippen LogP contribution in [0.4, 0.5) is 5.69 Å². The number of benzene rings is 3. The van der Waals surface area contributed by atoms with Crippen LogP contribution in [0.3, 0.4) is 0 Å². The summed E-state index contributed by atoms with van der Waals surface area (Å²) < 4.78 is 5.88. The molecule has 31 heavy (non-hydrogen) atoms. The van der Waals surface area contributed by atoms with Gasteiger partial charge in [0.05, 0.1) is 17.0 Å². The summed E-state index contributed by atoms with van der Waals surface area (Å²) in [4.78, 5) is 8.93. The van der Waals surface area contributed by atoms with Gasteiger partial charge in [-0.25, -0.2) is 4.98 Å². The number of nitrogen functional groups attached to an aromatic ring is 1. The minimum atomic E-state index is 0.185. The third-order valence-corrected chi connectivity index (χ3v) is 4.82. The van der Waals surface area contributed by atoms with Gasteiger partial charge in [0.1, 0.15) is 23.1 Å². The summed E-state index contributed by atoms with van der Waals surface area (Å²) in [6.45, 7) is 0. The van der Waals surface area contributed by atoms with Crippen LogP contribution in [0, 0.1) is 0 Å². The maximum atomic E-state index is 9.58. The summed E-state index contributed by atoms with van der Waals surface area (Å²) >= 11 is 0. The molecule has 0 aliphatic carbocycles. The molecule has 0 unspecified atom stereocenters. The Kier molecular flexibility index (Phi) is 5.53. The number of phenolic OH excluding ortho intramolecular Hbond substituents is 1. The first-order valence-corrected chi connectivity index (χ1v) is 9.71. The summed E-state index contributed by atoms with van der Waals surface area (Å²) in [5.74, 6) is 1.96. The SMILES string of the molecule is CN=C(N)c1c(N)cc(-c2ccc(O)cc2)nc1-c1ccc(Oc2ccccc2)cc1. The number of hydrogen-bond donors (Lipinski definition) is 3. The van der Waals surface area contributed by atoms with E-state index in [0.717, 1.165) is 16.9 Å². The largest absolute Gasteiger partial charge is 0.508 e. The monoisotopic (exact) mass is 410 g/mol.